The topological polar surface area (TPSA) is 58.6 Å². The lowest BCUT2D eigenvalue weighted by molar-refractivity contribution is -0.0450. The Kier molecular flexibility index (Phi) is 6.55. The first-order chi connectivity index (χ1) is 8.46. The van der Waals surface area contributed by atoms with Crippen LogP contribution in [0.1, 0.15) is 19.8 Å². The third-order valence-electron chi connectivity index (χ3n) is 3.47. The predicted molar refractivity (Wildman–Crippen MR) is 73.6 cm³/mol. The molecule has 1 N–H and O–H groups in total. The van der Waals surface area contributed by atoms with Gasteiger partial charge in [-0.2, -0.15) is 0 Å². The van der Waals surface area contributed by atoms with Crippen molar-refractivity contribution >= 4 is 9.84 Å². The van der Waals surface area contributed by atoms with Crippen LogP contribution in [0.2, 0.25) is 0 Å². The SMILES string of the molecule is CCN1CCOC(C(CCCS(C)(=O)=O)NC)C1. The molecule has 0 bridgehead atoms. The summed E-state index contributed by atoms with van der Waals surface area (Å²) in [5.41, 5.74) is 0. The van der Waals surface area contributed by atoms with E-state index < -0.39 is 9.84 Å². The number of likely N-dealkylation sites (N-methyl/N-ethyl adjacent to an activating group) is 2. The zero-order valence-electron chi connectivity index (χ0n) is 11.7. The second-order valence-corrected chi connectivity index (χ2v) is 7.23. The van der Waals surface area contributed by atoms with Crippen molar-refractivity contribution < 1.29 is 13.2 Å². The highest BCUT2D eigenvalue weighted by Gasteiger charge is 2.26. The van der Waals surface area contributed by atoms with E-state index in [0.29, 0.717) is 6.42 Å². The predicted octanol–water partition coefficient (Wildman–Crippen LogP) is 0.120. The monoisotopic (exact) mass is 278 g/mol. The second-order valence-electron chi connectivity index (χ2n) is 4.97. The fraction of sp³-hybridized carbons (Fsp3) is 1.00. The van der Waals surface area contributed by atoms with E-state index in [4.69, 9.17) is 4.74 Å². The summed E-state index contributed by atoms with van der Waals surface area (Å²) in [5.74, 6) is 0.259. The normalized spacial score (nSPS) is 24.1. The van der Waals surface area contributed by atoms with Crippen molar-refractivity contribution in [3.63, 3.8) is 0 Å². The molecule has 0 amide bonds. The highest BCUT2D eigenvalue weighted by Crippen LogP contribution is 2.13. The maximum atomic E-state index is 11.1. The molecule has 0 saturated carbocycles. The molecule has 0 aromatic carbocycles. The zero-order chi connectivity index (χ0) is 13.6. The molecule has 108 valence electrons. The first-order valence-electron chi connectivity index (χ1n) is 6.65. The molecule has 2 unspecified atom stereocenters. The van der Waals surface area contributed by atoms with Crippen LogP contribution in [0.5, 0.6) is 0 Å². The minimum absolute atomic E-state index is 0.170. The molecule has 0 aromatic heterocycles. The maximum Gasteiger partial charge on any atom is 0.147 e. The van der Waals surface area contributed by atoms with E-state index in [1.165, 1.54) is 6.26 Å². The van der Waals surface area contributed by atoms with Crippen LogP contribution in [0, 0.1) is 0 Å². The van der Waals surface area contributed by atoms with Gasteiger partial charge >= 0.3 is 0 Å². The lowest BCUT2D eigenvalue weighted by atomic mass is 10.0. The summed E-state index contributed by atoms with van der Waals surface area (Å²) in [4.78, 5) is 2.37. The van der Waals surface area contributed by atoms with Crippen molar-refractivity contribution in [3.05, 3.63) is 0 Å². The molecular weight excluding hydrogens is 252 g/mol. The van der Waals surface area contributed by atoms with Crippen LogP contribution in [-0.4, -0.2) is 70.8 Å². The quantitative estimate of drug-likeness (QED) is 0.717. The fourth-order valence-corrected chi connectivity index (χ4v) is 3.03. The van der Waals surface area contributed by atoms with Gasteiger partial charge in [0, 0.05) is 31.1 Å². The molecule has 0 spiro atoms. The average Bonchev–Trinajstić information content (AvgIpc) is 2.33. The minimum Gasteiger partial charge on any atom is -0.374 e. The number of ether oxygens (including phenoxy) is 1. The van der Waals surface area contributed by atoms with Gasteiger partial charge < -0.3 is 10.1 Å². The van der Waals surface area contributed by atoms with E-state index in [9.17, 15) is 8.42 Å². The van der Waals surface area contributed by atoms with Gasteiger partial charge in [-0.15, -0.1) is 0 Å². The van der Waals surface area contributed by atoms with E-state index in [-0.39, 0.29) is 17.9 Å². The number of nitrogens with zero attached hydrogens (tertiary/aromatic N) is 1. The Morgan fingerprint density at radius 2 is 2.22 bits per heavy atom. The van der Waals surface area contributed by atoms with E-state index in [0.717, 1.165) is 32.7 Å². The smallest absolute Gasteiger partial charge is 0.147 e. The summed E-state index contributed by atoms with van der Waals surface area (Å²) >= 11 is 0. The first-order valence-corrected chi connectivity index (χ1v) is 8.71. The Morgan fingerprint density at radius 3 is 2.78 bits per heavy atom. The van der Waals surface area contributed by atoms with E-state index in [2.05, 4.69) is 17.1 Å². The summed E-state index contributed by atoms with van der Waals surface area (Å²) < 4.78 is 28.0. The van der Waals surface area contributed by atoms with Gasteiger partial charge in [-0.05, 0) is 26.4 Å². The second kappa shape index (κ2) is 7.43. The molecule has 0 radical (unpaired) electrons. The Hall–Kier alpha value is -0.170. The highest BCUT2D eigenvalue weighted by molar-refractivity contribution is 7.90. The van der Waals surface area contributed by atoms with Crippen molar-refractivity contribution in [3.8, 4) is 0 Å². The third kappa shape index (κ3) is 5.65. The standard InChI is InChI=1S/C12H26N2O3S/c1-4-14-7-8-17-12(10-14)11(13-2)6-5-9-18(3,15)16/h11-13H,4-10H2,1-3H3. The summed E-state index contributed by atoms with van der Waals surface area (Å²) in [6.07, 6.45) is 2.99. The first kappa shape index (κ1) is 15.9. The Balaban J connectivity index is 2.40. The molecule has 5 nitrogen and oxygen atoms in total. The molecular formula is C12H26N2O3S. The molecule has 0 aliphatic carbocycles. The van der Waals surface area contributed by atoms with Crippen molar-refractivity contribution in [2.24, 2.45) is 0 Å². The van der Waals surface area contributed by atoms with Gasteiger partial charge in [0.15, 0.2) is 0 Å². The van der Waals surface area contributed by atoms with Gasteiger partial charge in [-0.25, -0.2) is 8.42 Å². The molecule has 0 aromatic rings. The van der Waals surface area contributed by atoms with Gasteiger partial charge in [-0.3, -0.25) is 4.90 Å². The van der Waals surface area contributed by atoms with Crippen molar-refractivity contribution in [1.29, 1.82) is 0 Å². The molecule has 1 heterocycles. The van der Waals surface area contributed by atoms with E-state index >= 15 is 0 Å². The van der Waals surface area contributed by atoms with Crippen LogP contribution in [0.25, 0.3) is 0 Å². The summed E-state index contributed by atoms with van der Waals surface area (Å²) in [6, 6.07) is 0.237. The molecule has 1 fully saturated rings. The Morgan fingerprint density at radius 1 is 1.50 bits per heavy atom. The van der Waals surface area contributed by atoms with E-state index in [1.807, 2.05) is 7.05 Å². The number of hydrogen-bond donors (Lipinski definition) is 1. The van der Waals surface area contributed by atoms with Gasteiger partial charge in [0.2, 0.25) is 0 Å². The van der Waals surface area contributed by atoms with Crippen LogP contribution in [0.4, 0.5) is 0 Å². The minimum atomic E-state index is -2.85. The number of nitrogens with one attached hydrogen (secondary N) is 1. The summed E-state index contributed by atoms with van der Waals surface area (Å²) in [7, 11) is -0.937. The summed E-state index contributed by atoms with van der Waals surface area (Å²) in [6.45, 7) is 5.89. The molecule has 1 saturated heterocycles. The lowest BCUT2D eigenvalue weighted by Crippen LogP contribution is -2.51. The molecule has 6 heteroatoms. The zero-order valence-corrected chi connectivity index (χ0v) is 12.5. The van der Waals surface area contributed by atoms with Gasteiger partial charge in [0.1, 0.15) is 9.84 Å². The van der Waals surface area contributed by atoms with Gasteiger partial charge in [-0.1, -0.05) is 6.92 Å². The van der Waals surface area contributed by atoms with Crippen LogP contribution in [0.15, 0.2) is 0 Å². The third-order valence-corrected chi connectivity index (χ3v) is 4.50. The van der Waals surface area contributed by atoms with Crippen molar-refractivity contribution in [2.75, 3.05) is 45.3 Å². The molecule has 2 atom stereocenters. The summed E-state index contributed by atoms with van der Waals surface area (Å²) in [5, 5.41) is 3.26. The van der Waals surface area contributed by atoms with Crippen LogP contribution in [0.3, 0.4) is 0 Å². The number of sulfone groups is 1. The lowest BCUT2D eigenvalue weighted by Gasteiger charge is -2.36. The van der Waals surface area contributed by atoms with Crippen LogP contribution in [-0.2, 0) is 14.6 Å². The van der Waals surface area contributed by atoms with Crippen molar-refractivity contribution in [2.45, 2.75) is 31.9 Å². The van der Waals surface area contributed by atoms with Crippen LogP contribution >= 0.6 is 0 Å². The largest absolute Gasteiger partial charge is 0.374 e. The van der Waals surface area contributed by atoms with Crippen molar-refractivity contribution in [1.82, 2.24) is 10.2 Å². The maximum absolute atomic E-state index is 11.1. The molecule has 1 aliphatic rings. The molecule has 1 aliphatic heterocycles. The van der Waals surface area contributed by atoms with Gasteiger partial charge in [0.25, 0.3) is 0 Å². The molecule has 1 rings (SSSR count). The Labute approximate surface area is 111 Å². The number of morpholine rings is 1. The number of hydrogen-bond acceptors (Lipinski definition) is 5. The fourth-order valence-electron chi connectivity index (χ4n) is 2.34. The average molecular weight is 278 g/mol. The Bertz CT molecular complexity index is 332. The van der Waals surface area contributed by atoms with Crippen LogP contribution < -0.4 is 5.32 Å². The number of rotatable bonds is 7. The highest BCUT2D eigenvalue weighted by atomic mass is 32.2. The van der Waals surface area contributed by atoms with Gasteiger partial charge in [0.05, 0.1) is 12.7 Å². The molecule has 18 heavy (non-hydrogen) atoms. The van der Waals surface area contributed by atoms with E-state index in [1.54, 1.807) is 0 Å².